The number of aromatic hydroxyl groups is 1. The summed E-state index contributed by atoms with van der Waals surface area (Å²) in [4.78, 5) is 0. The van der Waals surface area contributed by atoms with Crippen molar-refractivity contribution < 1.29 is 5.11 Å². The topological polar surface area (TPSA) is 20.2 Å². The molecule has 0 spiro atoms. The second-order valence-corrected chi connectivity index (χ2v) is 1.91. The minimum absolute atomic E-state index is 0.263. The van der Waals surface area contributed by atoms with Crippen molar-refractivity contribution in [3.63, 3.8) is 0 Å². The van der Waals surface area contributed by atoms with Gasteiger partial charge in [-0.1, -0.05) is 24.8 Å². The average Bonchev–Trinajstić information content (AvgIpc) is 1.94. The first kappa shape index (κ1) is 6.66. The zero-order valence-corrected chi connectivity index (χ0v) is 5.54. The van der Waals surface area contributed by atoms with Gasteiger partial charge in [-0.25, -0.2) is 0 Å². The maximum Gasteiger partial charge on any atom is 0.123 e. The number of rotatable bonds is 1. The number of benzene rings is 1. The molecule has 0 aliphatic carbocycles. The number of phenols is 1. The average molecular weight is 132 g/mol. The molecule has 1 N–H and O–H groups in total. The zero-order chi connectivity index (χ0) is 7.40. The minimum atomic E-state index is 0.263. The van der Waals surface area contributed by atoms with Crippen molar-refractivity contribution >= 4 is 6.08 Å². The Morgan fingerprint density at radius 2 is 2.10 bits per heavy atom. The summed E-state index contributed by atoms with van der Waals surface area (Å²) in [7, 11) is 0. The van der Waals surface area contributed by atoms with Crippen LogP contribution in [-0.2, 0) is 0 Å². The fourth-order valence-electron chi connectivity index (χ4n) is 0.720. The Balaban J connectivity index is 3.14. The van der Waals surface area contributed by atoms with Crippen molar-refractivity contribution in [2.45, 2.75) is 0 Å². The third kappa shape index (κ3) is 1.28. The van der Waals surface area contributed by atoms with Gasteiger partial charge in [-0.15, -0.1) is 5.73 Å². The van der Waals surface area contributed by atoms with Crippen molar-refractivity contribution in [1.82, 2.24) is 0 Å². The van der Waals surface area contributed by atoms with Crippen LogP contribution in [0.1, 0.15) is 5.56 Å². The summed E-state index contributed by atoms with van der Waals surface area (Å²) in [6.07, 6.45) is 1.63. The van der Waals surface area contributed by atoms with Gasteiger partial charge >= 0.3 is 0 Å². The first-order valence-electron chi connectivity index (χ1n) is 2.98. The number of hydrogen-bond donors (Lipinski definition) is 1. The molecule has 0 saturated carbocycles. The Morgan fingerprint density at radius 1 is 1.40 bits per heavy atom. The van der Waals surface area contributed by atoms with E-state index in [1.165, 1.54) is 0 Å². The molecule has 0 radical (unpaired) electrons. The van der Waals surface area contributed by atoms with Crippen LogP contribution >= 0.6 is 0 Å². The molecule has 0 aromatic heterocycles. The van der Waals surface area contributed by atoms with Gasteiger partial charge in [-0.2, -0.15) is 0 Å². The van der Waals surface area contributed by atoms with Crippen LogP contribution in [0, 0.1) is 0 Å². The lowest BCUT2D eigenvalue weighted by Gasteiger charge is -1.93. The number of hydrogen-bond acceptors (Lipinski definition) is 1. The molecule has 1 heteroatoms. The largest absolute Gasteiger partial charge is 0.507 e. The summed E-state index contributed by atoms with van der Waals surface area (Å²) in [5.74, 6) is 0.263. The number of phenolic OH excluding ortho intramolecular Hbond substituents is 1. The second kappa shape index (κ2) is 2.90. The van der Waals surface area contributed by atoms with Crippen molar-refractivity contribution in [2.75, 3.05) is 0 Å². The molecule has 0 bridgehead atoms. The van der Waals surface area contributed by atoms with E-state index in [4.69, 9.17) is 5.11 Å². The molecule has 0 heterocycles. The van der Waals surface area contributed by atoms with Crippen LogP contribution in [-0.4, -0.2) is 5.11 Å². The molecular formula is C9H8O. The SMILES string of the molecule is C=C=Cc1ccccc1O. The van der Waals surface area contributed by atoms with Crippen LogP contribution in [0.15, 0.2) is 36.6 Å². The molecule has 0 unspecified atom stereocenters. The summed E-state index contributed by atoms with van der Waals surface area (Å²) in [6, 6.07) is 7.05. The zero-order valence-electron chi connectivity index (χ0n) is 5.54. The van der Waals surface area contributed by atoms with Crippen LogP contribution in [0.4, 0.5) is 0 Å². The van der Waals surface area contributed by atoms with Gasteiger partial charge in [0.15, 0.2) is 0 Å². The van der Waals surface area contributed by atoms with Gasteiger partial charge in [0.2, 0.25) is 0 Å². The Labute approximate surface area is 59.9 Å². The quantitative estimate of drug-likeness (QED) is 0.581. The van der Waals surface area contributed by atoms with E-state index < -0.39 is 0 Å². The normalized spacial score (nSPS) is 8.40. The van der Waals surface area contributed by atoms with Crippen LogP contribution in [0.3, 0.4) is 0 Å². The van der Waals surface area contributed by atoms with Gasteiger partial charge in [0.25, 0.3) is 0 Å². The third-order valence-corrected chi connectivity index (χ3v) is 1.19. The summed E-state index contributed by atoms with van der Waals surface area (Å²) in [6.45, 7) is 3.41. The molecule has 0 saturated heterocycles. The molecular weight excluding hydrogens is 124 g/mol. The van der Waals surface area contributed by atoms with Gasteiger partial charge in [0, 0.05) is 5.56 Å². The van der Waals surface area contributed by atoms with E-state index in [1.54, 1.807) is 24.3 Å². The molecule has 0 aliphatic heterocycles. The van der Waals surface area contributed by atoms with E-state index in [-0.39, 0.29) is 5.75 Å². The lowest BCUT2D eigenvalue weighted by Crippen LogP contribution is -1.70. The maximum absolute atomic E-state index is 9.14. The number of para-hydroxylation sites is 1. The van der Waals surface area contributed by atoms with Crippen LogP contribution in [0.5, 0.6) is 5.75 Å². The van der Waals surface area contributed by atoms with Crippen molar-refractivity contribution in [1.29, 1.82) is 0 Å². The summed E-state index contributed by atoms with van der Waals surface area (Å²) < 4.78 is 0. The Hall–Kier alpha value is -1.46. The van der Waals surface area contributed by atoms with Gasteiger partial charge in [-0.05, 0) is 12.1 Å². The van der Waals surface area contributed by atoms with Crippen molar-refractivity contribution in [2.24, 2.45) is 0 Å². The monoisotopic (exact) mass is 132 g/mol. The molecule has 1 aromatic carbocycles. The van der Waals surface area contributed by atoms with E-state index >= 15 is 0 Å². The standard InChI is InChI=1S/C9H8O/c1-2-5-8-6-3-4-7-9(8)10/h3-7,10H,1H2. The maximum atomic E-state index is 9.14. The van der Waals surface area contributed by atoms with E-state index in [1.807, 2.05) is 6.07 Å². The van der Waals surface area contributed by atoms with Crippen LogP contribution in [0.25, 0.3) is 6.08 Å². The molecule has 10 heavy (non-hydrogen) atoms. The van der Waals surface area contributed by atoms with E-state index in [9.17, 15) is 0 Å². The minimum Gasteiger partial charge on any atom is -0.507 e. The highest BCUT2D eigenvalue weighted by molar-refractivity contribution is 5.55. The fraction of sp³-hybridized carbons (Fsp3) is 0. The predicted octanol–water partition coefficient (Wildman–Crippen LogP) is 2.19. The summed E-state index contributed by atoms with van der Waals surface area (Å²) >= 11 is 0. The molecule has 0 fully saturated rings. The molecule has 1 nitrogen and oxygen atoms in total. The molecule has 0 amide bonds. The van der Waals surface area contributed by atoms with E-state index in [0.29, 0.717) is 0 Å². The van der Waals surface area contributed by atoms with Crippen LogP contribution < -0.4 is 0 Å². The predicted molar refractivity (Wildman–Crippen MR) is 41.7 cm³/mol. The van der Waals surface area contributed by atoms with Crippen molar-refractivity contribution in [3.8, 4) is 5.75 Å². The smallest absolute Gasteiger partial charge is 0.123 e. The van der Waals surface area contributed by atoms with Crippen LogP contribution in [0.2, 0.25) is 0 Å². The van der Waals surface area contributed by atoms with Gasteiger partial charge in [0.1, 0.15) is 5.75 Å². The highest BCUT2D eigenvalue weighted by Gasteiger charge is 1.90. The Kier molecular flexibility index (Phi) is 1.93. The highest BCUT2D eigenvalue weighted by Crippen LogP contribution is 2.15. The molecule has 1 aromatic rings. The second-order valence-electron chi connectivity index (χ2n) is 1.91. The Morgan fingerprint density at radius 3 is 2.70 bits per heavy atom. The molecule has 0 aliphatic rings. The highest BCUT2D eigenvalue weighted by atomic mass is 16.3. The molecule has 0 atom stereocenters. The molecule has 1 rings (SSSR count). The fourth-order valence-corrected chi connectivity index (χ4v) is 0.720. The lowest BCUT2D eigenvalue weighted by molar-refractivity contribution is 0.474. The Bertz CT molecular complexity index is 270. The van der Waals surface area contributed by atoms with E-state index in [2.05, 4.69) is 12.3 Å². The third-order valence-electron chi connectivity index (χ3n) is 1.19. The first-order valence-corrected chi connectivity index (χ1v) is 2.98. The molecule has 50 valence electrons. The summed E-state index contributed by atoms with van der Waals surface area (Å²) in [5, 5.41) is 9.14. The first-order chi connectivity index (χ1) is 4.84. The summed E-state index contributed by atoms with van der Waals surface area (Å²) in [5.41, 5.74) is 3.34. The lowest BCUT2D eigenvalue weighted by atomic mass is 10.2. The van der Waals surface area contributed by atoms with Gasteiger partial charge < -0.3 is 5.11 Å². The van der Waals surface area contributed by atoms with Gasteiger partial charge in [0.05, 0.1) is 0 Å². The van der Waals surface area contributed by atoms with Gasteiger partial charge in [-0.3, -0.25) is 0 Å². The van der Waals surface area contributed by atoms with E-state index in [0.717, 1.165) is 5.56 Å². The van der Waals surface area contributed by atoms with Crippen molar-refractivity contribution in [3.05, 3.63) is 42.1 Å².